The van der Waals surface area contributed by atoms with Gasteiger partial charge in [-0.3, -0.25) is 4.79 Å². The van der Waals surface area contributed by atoms with Gasteiger partial charge in [-0.25, -0.2) is 4.98 Å². The first-order valence-corrected chi connectivity index (χ1v) is 5.30. The second-order valence-electron chi connectivity index (χ2n) is 4.14. The zero-order valence-electron chi connectivity index (χ0n) is 9.17. The third kappa shape index (κ3) is 3.20. The van der Waals surface area contributed by atoms with Gasteiger partial charge in [0.1, 0.15) is 5.82 Å². The molecule has 0 radical (unpaired) electrons. The van der Waals surface area contributed by atoms with Crippen LogP contribution in [0.4, 0.5) is 5.82 Å². The van der Waals surface area contributed by atoms with Crippen molar-refractivity contribution in [2.45, 2.75) is 20.8 Å². The Morgan fingerprint density at radius 1 is 1.53 bits per heavy atom. The number of hydrogen-bond donors (Lipinski definition) is 1. The van der Waals surface area contributed by atoms with Crippen LogP contribution in [0.3, 0.4) is 0 Å². The highest BCUT2D eigenvalue weighted by Gasteiger charge is 2.26. The Morgan fingerprint density at radius 2 is 2.20 bits per heavy atom. The van der Waals surface area contributed by atoms with Crippen molar-refractivity contribution in [3.05, 3.63) is 23.9 Å². The average molecular weight is 227 g/mol. The van der Waals surface area contributed by atoms with Gasteiger partial charge in [-0.1, -0.05) is 6.07 Å². The lowest BCUT2D eigenvalue weighted by atomic mass is 9.95. The summed E-state index contributed by atoms with van der Waals surface area (Å²) in [7, 11) is 0. The van der Waals surface area contributed by atoms with Crippen molar-refractivity contribution < 1.29 is 4.79 Å². The molecule has 1 N–H and O–H groups in total. The number of carbonyl (C=O) groups excluding carboxylic acids is 1. The second kappa shape index (κ2) is 4.62. The second-order valence-corrected chi connectivity index (χ2v) is 4.40. The number of alkyl halides is 1. The molecule has 1 aromatic heterocycles. The molecule has 0 aliphatic heterocycles. The minimum atomic E-state index is -0.576. The van der Waals surface area contributed by atoms with Crippen LogP contribution in [-0.4, -0.2) is 16.8 Å². The number of nitrogens with zero attached hydrogens (tertiary/aromatic N) is 1. The van der Waals surface area contributed by atoms with Gasteiger partial charge in [-0.05, 0) is 32.9 Å². The van der Waals surface area contributed by atoms with Crippen molar-refractivity contribution in [2.24, 2.45) is 5.41 Å². The maximum Gasteiger partial charge on any atom is 0.232 e. The molecular formula is C11H15ClN2O. The number of rotatable bonds is 3. The summed E-state index contributed by atoms with van der Waals surface area (Å²) in [5.74, 6) is 0.735. The Kier molecular flexibility index (Phi) is 3.69. The molecule has 82 valence electrons. The topological polar surface area (TPSA) is 42.0 Å². The minimum Gasteiger partial charge on any atom is -0.310 e. The van der Waals surface area contributed by atoms with Crippen LogP contribution in [-0.2, 0) is 4.79 Å². The predicted molar refractivity (Wildman–Crippen MR) is 62.1 cm³/mol. The van der Waals surface area contributed by atoms with E-state index in [-0.39, 0.29) is 11.8 Å². The molecule has 3 nitrogen and oxygen atoms in total. The molecule has 0 atom stereocenters. The highest BCUT2D eigenvalue weighted by atomic mass is 35.5. The molecule has 15 heavy (non-hydrogen) atoms. The molecule has 0 unspecified atom stereocenters. The maximum absolute atomic E-state index is 11.7. The summed E-state index contributed by atoms with van der Waals surface area (Å²) >= 11 is 5.70. The van der Waals surface area contributed by atoms with Crippen LogP contribution in [0.15, 0.2) is 18.2 Å². The molecule has 0 aliphatic rings. The van der Waals surface area contributed by atoms with Crippen LogP contribution in [0, 0.1) is 12.3 Å². The summed E-state index contributed by atoms with van der Waals surface area (Å²) < 4.78 is 0. The fourth-order valence-electron chi connectivity index (χ4n) is 0.959. The lowest BCUT2D eigenvalue weighted by Crippen LogP contribution is -2.32. The molecule has 0 fully saturated rings. The largest absolute Gasteiger partial charge is 0.310 e. The van der Waals surface area contributed by atoms with Crippen molar-refractivity contribution in [1.29, 1.82) is 0 Å². The van der Waals surface area contributed by atoms with Crippen molar-refractivity contribution in [1.82, 2.24) is 4.98 Å². The SMILES string of the molecule is Cc1cccc(NC(=O)C(C)(C)CCl)n1. The third-order valence-electron chi connectivity index (χ3n) is 2.08. The minimum absolute atomic E-state index is 0.115. The van der Waals surface area contributed by atoms with E-state index >= 15 is 0 Å². The molecule has 1 rings (SSSR count). The van der Waals surface area contributed by atoms with E-state index in [0.717, 1.165) is 5.69 Å². The Labute approximate surface area is 94.9 Å². The number of nitrogens with one attached hydrogen (secondary N) is 1. The highest BCUT2D eigenvalue weighted by Crippen LogP contribution is 2.19. The quantitative estimate of drug-likeness (QED) is 0.805. The lowest BCUT2D eigenvalue weighted by molar-refractivity contribution is -0.123. The summed E-state index contributed by atoms with van der Waals surface area (Å²) in [6.45, 7) is 5.47. The Morgan fingerprint density at radius 3 is 2.73 bits per heavy atom. The van der Waals surface area contributed by atoms with Gasteiger partial charge >= 0.3 is 0 Å². The molecule has 0 saturated heterocycles. The fourth-order valence-corrected chi connectivity index (χ4v) is 1.08. The highest BCUT2D eigenvalue weighted by molar-refractivity contribution is 6.20. The first-order chi connectivity index (χ1) is 6.95. The molecule has 4 heteroatoms. The smallest absolute Gasteiger partial charge is 0.232 e. The van der Waals surface area contributed by atoms with E-state index < -0.39 is 5.41 Å². The summed E-state index contributed by atoms with van der Waals surface area (Å²) in [5.41, 5.74) is 0.295. The standard InChI is InChI=1S/C11H15ClN2O/c1-8-5-4-6-9(13-8)14-10(15)11(2,3)7-12/h4-6H,7H2,1-3H3,(H,13,14,15). The molecular weight excluding hydrogens is 212 g/mol. The number of pyridine rings is 1. The number of anilines is 1. The molecule has 0 saturated carbocycles. The Hall–Kier alpha value is -1.09. The van der Waals surface area contributed by atoms with E-state index in [2.05, 4.69) is 10.3 Å². The monoisotopic (exact) mass is 226 g/mol. The Bertz CT molecular complexity index is 363. The maximum atomic E-state index is 11.7. The Balaban J connectivity index is 2.75. The van der Waals surface area contributed by atoms with Crippen LogP contribution in [0.5, 0.6) is 0 Å². The number of aromatic nitrogens is 1. The normalized spacial score (nSPS) is 11.2. The van der Waals surface area contributed by atoms with Crippen LogP contribution in [0.1, 0.15) is 19.5 Å². The van der Waals surface area contributed by atoms with Crippen molar-refractivity contribution in [3.63, 3.8) is 0 Å². The molecule has 1 amide bonds. The predicted octanol–water partition coefficient (Wildman–Crippen LogP) is 2.59. The molecule has 0 spiro atoms. The summed E-state index contributed by atoms with van der Waals surface area (Å²) in [4.78, 5) is 15.9. The van der Waals surface area contributed by atoms with E-state index in [4.69, 9.17) is 11.6 Å². The van der Waals surface area contributed by atoms with E-state index in [0.29, 0.717) is 5.82 Å². The molecule has 1 aromatic rings. The first-order valence-electron chi connectivity index (χ1n) is 4.77. The number of halogens is 1. The van der Waals surface area contributed by atoms with Gasteiger partial charge < -0.3 is 5.32 Å². The van der Waals surface area contributed by atoms with Crippen LogP contribution in [0.2, 0.25) is 0 Å². The average Bonchev–Trinajstić information content (AvgIpc) is 2.17. The summed E-state index contributed by atoms with van der Waals surface area (Å²) in [6, 6.07) is 5.49. The third-order valence-corrected chi connectivity index (χ3v) is 2.75. The van der Waals surface area contributed by atoms with Gasteiger partial charge in [0.2, 0.25) is 5.91 Å². The van der Waals surface area contributed by atoms with E-state index in [1.54, 1.807) is 19.9 Å². The van der Waals surface area contributed by atoms with Gasteiger partial charge in [0.05, 0.1) is 5.41 Å². The van der Waals surface area contributed by atoms with E-state index in [1.807, 2.05) is 19.1 Å². The van der Waals surface area contributed by atoms with Crippen LogP contribution < -0.4 is 5.32 Å². The zero-order chi connectivity index (χ0) is 11.5. The zero-order valence-corrected chi connectivity index (χ0v) is 9.93. The summed E-state index contributed by atoms with van der Waals surface area (Å²) in [5, 5.41) is 2.74. The van der Waals surface area contributed by atoms with Crippen molar-refractivity contribution in [2.75, 3.05) is 11.2 Å². The van der Waals surface area contributed by atoms with Crippen molar-refractivity contribution in [3.8, 4) is 0 Å². The molecule has 0 aliphatic carbocycles. The van der Waals surface area contributed by atoms with Gasteiger partial charge in [-0.15, -0.1) is 11.6 Å². The van der Waals surface area contributed by atoms with E-state index in [1.165, 1.54) is 0 Å². The van der Waals surface area contributed by atoms with Crippen LogP contribution >= 0.6 is 11.6 Å². The lowest BCUT2D eigenvalue weighted by Gasteiger charge is -2.19. The van der Waals surface area contributed by atoms with E-state index in [9.17, 15) is 4.79 Å². The fraction of sp³-hybridized carbons (Fsp3) is 0.455. The molecule has 1 heterocycles. The van der Waals surface area contributed by atoms with Gasteiger partial charge in [-0.2, -0.15) is 0 Å². The molecule has 0 bridgehead atoms. The number of hydrogen-bond acceptors (Lipinski definition) is 2. The summed E-state index contributed by atoms with van der Waals surface area (Å²) in [6.07, 6.45) is 0. The number of carbonyl (C=O) groups is 1. The van der Waals surface area contributed by atoms with Crippen LogP contribution in [0.25, 0.3) is 0 Å². The van der Waals surface area contributed by atoms with Gasteiger partial charge in [0.25, 0.3) is 0 Å². The van der Waals surface area contributed by atoms with Gasteiger partial charge in [0.15, 0.2) is 0 Å². The number of amides is 1. The molecule has 0 aromatic carbocycles. The van der Waals surface area contributed by atoms with Crippen molar-refractivity contribution >= 4 is 23.3 Å². The van der Waals surface area contributed by atoms with Gasteiger partial charge in [0, 0.05) is 11.6 Å². The first kappa shape index (κ1) is 12.0. The number of aryl methyl sites for hydroxylation is 1.